The number of rotatable bonds is 8. The van der Waals surface area contributed by atoms with Crippen molar-refractivity contribution in [2.75, 3.05) is 11.9 Å². The molecule has 1 aromatic heterocycles. The summed E-state index contributed by atoms with van der Waals surface area (Å²) in [5.41, 5.74) is 1.62. The number of carbonyl (C=O) groups excluding carboxylic acids is 1. The first-order valence-corrected chi connectivity index (χ1v) is 11.4. The van der Waals surface area contributed by atoms with E-state index in [4.69, 9.17) is 33.0 Å². The summed E-state index contributed by atoms with van der Waals surface area (Å²) < 4.78 is 20.1. The molecular weight excluding hydrogens is 490 g/mol. The number of anilines is 1. The Kier molecular flexibility index (Phi) is 8.20. The number of amides is 1. The third-order valence-corrected chi connectivity index (χ3v) is 5.96. The molecule has 0 unspecified atom stereocenters. The molecule has 2 N–H and O–H groups in total. The Balaban J connectivity index is 1.81. The molecule has 0 radical (unpaired) electrons. The molecule has 6 nitrogen and oxygen atoms in total. The van der Waals surface area contributed by atoms with E-state index in [-0.39, 0.29) is 32.9 Å². The van der Waals surface area contributed by atoms with Crippen molar-refractivity contribution in [3.05, 3.63) is 73.8 Å². The monoisotopic (exact) mass is 508 g/mol. The van der Waals surface area contributed by atoms with Crippen LogP contribution >= 0.6 is 34.5 Å². The number of aliphatic carboxylic acids is 1. The lowest BCUT2D eigenvalue weighted by Crippen LogP contribution is -2.12. The van der Waals surface area contributed by atoms with Gasteiger partial charge in [-0.1, -0.05) is 35.3 Å². The Labute approximate surface area is 203 Å². The van der Waals surface area contributed by atoms with Crippen molar-refractivity contribution in [1.29, 1.82) is 0 Å². The van der Waals surface area contributed by atoms with Crippen LogP contribution in [0.4, 0.5) is 9.52 Å². The maximum absolute atomic E-state index is 14.8. The zero-order valence-corrected chi connectivity index (χ0v) is 19.9. The van der Waals surface area contributed by atoms with Crippen molar-refractivity contribution < 1.29 is 23.8 Å². The molecule has 2 aromatic carbocycles. The Hall–Kier alpha value is -2.78. The Morgan fingerprint density at radius 2 is 1.97 bits per heavy atom. The summed E-state index contributed by atoms with van der Waals surface area (Å²) in [5.74, 6) is -2.05. The number of halogens is 3. The van der Waals surface area contributed by atoms with Gasteiger partial charge in [-0.15, -0.1) is 11.3 Å². The van der Waals surface area contributed by atoms with E-state index < -0.39 is 17.7 Å². The minimum absolute atomic E-state index is 0.0453. The first kappa shape index (κ1) is 24.9. The minimum atomic E-state index is -1.11. The van der Waals surface area contributed by atoms with Crippen molar-refractivity contribution in [2.24, 2.45) is 0 Å². The SMILES string of the molecule is CCOCc1cccc(-c2csc(NC(=O)c3cc(Cl)c(/C=C(\C)C(=O)O)c(Cl)c3)n2)c1F. The van der Waals surface area contributed by atoms with Gasteiger partial charge in [0.2, 0.25) is 0 Å². The number of nitrogens with zero attached hydrogens (tertiary/aromatic N) is 1. The second kappa shape index (κ2) is 10.9. The number of benzene rings is 2. The van der Waals surface area contributed by atoms with Crippen molar-refractivity contribution in [3.8, 4) is 11.3 Å². The second-order valence-corrected chi connectivity index (χ2v) is 8.57. The normalized spacial score (nSPS) is 11.5. The van der Waals surface area contributed by atoms with Crippen molar-refractivity contribution in [3.63, 3.8) is 0 Å². The highest BCUT2D eigenvalue weighted by molar-refractivity contribution is 7.14. The number of ether oxygens (including phenoxy) is 1. The average Bonchev–Trinajstić information content (AvgIpc) is 3.23. The predicted octanol–water partition coefficient (Wildman–Crippen LogP) is 6.53. The fraction of sp³-hybridized carbons (Fsp3) is 0.174. The first-order chi connectivity index (χ1) is 15.7. The number of carboxylic acid groups (broad SMARTS) is 1. The first-order valence-electron chi connectivity index (χ1n) is 9.74. The van der Waals surface area contributed by atoms with Gasteiger partial charge >= 0.3 is 5.97 Å². The maximum atomic E-state index is 14.8. The van der Waals surface area contributed by atoms with E-state index in [1.165, 1.54) is 25.1 Å². The lowest BCUT2D eigenvalue weighted by molar-refractivity contribution is -0.132. The number of hydrogen-bond acceptors (Lipinski definition) is 5. The molecule has 1 heterocycles. The van der Waals surface area contributed by atoms with Crippen LogP contribution in [0.1, 0.15) is 35.3 Å². The van der Waals surface area contributed by atoms with E-state index >= 15 is 0 Å². The molecule has 0 saturated heterocycles. The van der Waals surface area contributed by atoms with Gasteiger partial charge in [0.05, 0.1) is 22.3 Å². The third kappa shape index (κ3) is 5.97. The van der Waals surface area contributed by atoms with Gasteiger partial charge in [-0.2, -0.15) is 0 Å². The highest BCUT2D eigenvalue weighted by Crippen LogP contribution is 2.31. The molecule has 3 rings (SSSR count). The maximum Gasteiger partial charge on any atom is 0.331 e. The van der Waals surface area contributed by atoms with Crippen LogP contribution in [0.15, 0.2) is 41.3 Å². The number of aromatic nitrogens is 1. The van der Waals surface area contributed by atoms with Gasteiger partial charge in [0.15, 0.2) is 5.13 Å². The standard InChI is InChI=1S/C23H19Cl2FN2O4S/c1-3-32-10-13-5-4-6-15(20(13)26)19-11-33-23(27-19)28-21(29)14-8-17(24)16(18(25)9-14)7-12(2)22(30)31/h4-9,11H,3,10H2,1-2H3,(H,30,31)(H,27,28,29)/b12-7+. The van der Waals surface area contributed by atoms with Gasteiger partial charge in [0.1, 0.15) is 5.82 Å². The molecule has 0 bridgehead atoms. The Morgan fingerprint density at radius 1 is 1.27 bits per heavy atom. The molecule has 0 aliphatic carbocycles. The zero-order chi connectivity index (χ0) is 24.1. The molecule has 172 valence electrons. The minimum Gasteiger partial charge on any atom is -0.478 e. The van der Waals surface area contributed by atoms with E-state index in [1.54, 1.807) is 23.6 Å². The lowest BCUT2D eigenvalue weighted by Gasteiger charge is -2.08. The molecule has 3 aromatic rings. The quantitative estimate of drug-likeness (QED) is 0.337. The van der Waals surface area contributed by atoms with Crippen LogP contribution in [-0.2, 0) is 16.1 Å². The molecule has 33 heavy (non-hydrogen) atoms. The van der Waals surface area contributed by atoms with E-state index in [9.17, 15) is 14.0 Å². The second-order valence-electron chi connectivity index (χ2n) is 6.89. The van der Waals surface area contributed by atoms with Gasteiger partial charge < -0.3 is 9.84 Å². The number of thiazole rings is 1. The van der Waals surface area contributed by atoms with Crippen LogP contribution in [0.5, 0.6) is 0 Å². The highest BCUT2D eigenvalue weighted by Gasteiger charge is 2.17. The van der Waals surface area contributed by atoms with Gasteiger partial charge in [-0.3, -0.25) is 10.1 Å². The van der Waals surface area contributed by atoms with E-state index in [1.807, 2.05) is 6.92 Å². The number of carbonyl (C=O) groups is 2. The number of carboxylic acids is 1. The van der Waals surface area contributed by atoms with Crippen LogP contribution in [0.3, 0.4) is 0 Å². The molecule has 0 aliphatic heterocycles. The van der Waals surface area contributed by atoms with Crippen molar-refractivity contribution >= 4 is 57.6 Å². The molecule has 0 spiro atoms. The zero-order valence-electron chi connectivity index (χ0n) is 17.6. The summed E-state index contributed by atoms with van der Waals surface area (Å²) in [5, 5.41) is 13.8. The summed E-state index contributed by atoms with van der Waals surface area (Å²) in [6, 6.07) is 7.74. The summed E-state index contributed by atoms with van der Waals surface area (Å²) in [4.78, 5) is 28.0. The van der Waals surface area contributed by atoms with Gasteiger partial charge in [-0.25, -0.2) is 14.2 Å². The smallest absolute Gasteiger partial charge is 0.331 e. The van der Waals surface area contributed by atoms with Crippen LogP contribution in [0.25, 0.3) is 17.3 Å². The van der Waals surface area contributed by atoms with Crippen LogP contribution < -0.4 is 5.32 Å². The van der Waals surface area contributed by atoms with Crippen LogP contribution in [0, 0.1) is 5.82 Å². The number of nitrogens with one attached hydrogen (secondary N) is 1. The molecular formula is C23H19Cl2FN2O4S. The highest BCUT2D eigenvalue weighted by atomic mass is 35.5. The summed E-state index contributed by atoms with van der Waals surface area (Å²) in [6.07, 6.45) is 1.33. The van der Waals surface area contributed by atoms with E-state index in [2.05, 4.69) is 10.3 Å². The van der Waals surface area contributed by atoms with Crippen molar-refractivity contribution in [2.45, 2.75) is 20.5 Å². The van der Waals surface area contributed by atoms with Gasteiger partial charge in [0.25, 0.3) is 5.91 Å². The molecule has 10 heteroatoms. The topological polar surface area (TPSA) is 88.5 Å². The Morgan fingerprint density at radius 3 is 2.61 bits per heavy atom. The van der Waals surface area contributed by atoms with Gasteiger partial charge in [-0.05, 0) is 38.1 Å². The van der Waals surface area contributed by atoms with Crippen molar-refractivity contribution in [1.82, 2.24) is 4.98 Å². The fourth-order valence-corrected chi connectivity index (χ4v) is 4.16. The van der Waals surface area contributed by atoms with Crippen LogP contribution in [0.2, 0.25) is 10.0 Å². The Bertz CT molecular complexity index is 1220. The van der Waals surface area contributed by atoms with Crippen LogP contribution in [-0.4, -0.2) is 28.6 Å². The lowest BCUT2D eigenvalue weighted by atomic mass is 10.1. The fourth-order valence-electron chi connectivity index (χ4n) is 2.86. The predicted molar refractivity (Wildman–Crippen MR) is 129 cm³/mol. The summed E-state index contributed by atoms with van der Waals surface area (Å²) >= 11 is 13.6. The molecule has 0 aliphatic rings. The van der Waals surface area contributed by atoms with Gasteiger partial charge in [0, 0.05) is 39.8 Å². The largest absolute Gasteiger partial charge is 0.478 e. The van der Waals surface area contributed by atoms with E-state index in [0.29, 0.717) is 29.0 Å². The summed E-state index contributed by atoms with van der Waals surface area (Å²) in [7, 11) is 0. The molecule has 0 saturated carbocycles. The average molecular weight is 509 g/mol. The molecule has 0 atom stereocenters. The molecule has 1 amide bonds. The van der Waals surface area contributed by atoms with E-state index in [0.717, 1.165) is 11.3 Å². The molecule has 0 fully saturated rings. The summed E-state index contributed by atoms with van der Waals surface area (Å²) in [6.45, 7) is 3.87. The third-order valence-electron chi connectivity index (χ3n) is 4.58. The number of hydrogen-bond donors (Lipinski definition) is 2.